The molecule has 1 fully saturated rings. The van der Waals surface area contributed by atoms with Gasteiger partial charge in [-0.2, -0.15) is 0 Å². The van der Waals surface area contributed by atoms with Gasteiger partial charge in [-0.15, -0.1) is 0 Å². The Labute approximate surface area is 154 Å². The Morgan fingerprint density at radius 3 is 2.77 bits per heavy atom. The van der Waals surface area contributed by atoms with Gasteiger partial charge < -0.3 is 14.4 Å². The van der Waals surface area contributed by atoms with Gasteiger partial charge in [0, 0.05) is 30.3 Å². The van der Waals surface area contributed by atoms with E-state index in [9.17, 15) is 4.79 Å². The molecule has 2 aromatic carbocycles. The number of ether oxygens (including phenoxy) is 2. The maximum Gasteiger partial charge on any atom is 0.159 e. The number of Topliss-reactive ketones (excluding diaryl/α,β-unsaturated/α-hetero) is 1. The fourth-order valence-corrected chi connectivity index (χ4v) is 3.91. The molecule has 4 heteroatoms. The van der Waals surface area contributed by atoms with E-state index in [4.69, 9.17) is 9.47 Å². The van der Waals surface area contributed by atoms with E-state index in [0.29, 0.717) is 5.92 Å². The molecule has 4 rings (SSSR count). The number of morpholine rings is 1. The highest BCUT2D eigenvalue weighted by atomic mass is 16.5. The van der Waals surface area contributed by atoms with Crippen LogP contribution in [0.5, 0.6) is 5.75 Å². The molecule has 2 heterocycles. The van der Waals surface area contributed by atoms with Crippen molar-refractivity contribution in [3.05, 3.63) is 59.2 Å². The monoisotopic (exact) mass is 351 g/mol. The molecule has 136 valence electrons. The first-order valence-corrected chi connectivity index (χ1v) is 9.38. The molecule has 0 bridgehead atoms. The highest BCUT2D eigenvalue weighted by Gasteiger charge is 2.23. The van der Waals surface area contributed by atoms with Crippen LogP contribution in [0.3, 0.4) is 0 Å². The molecule has 1 atom stereocenters. The average Bonchev–Trinajstić information content (AvgIpc) is 2.68. The summed E-state index contributed by atoms with van der Waals surface area (Å²) in [6.45, 7) is 5.67. The molecule has 0 aliphatic carbocycles. The van der Waals surface area contributed by atoms with Crippen LogP contribution < -0.4 is 9.64 Å². The summed E-state index contributed by atoms with van der Waals surface area (Å²) in [6.07, 6.45) is 1.94. The van der Waals surface area contributed by atoms with Crippen molar-refractivity contribution < 1.29 is 14.3 Å². The predicted molar refractivity (Wildman–Crippen MR) is 102 cm³/mol. The maximum absolute atomic E-state index is 11.9. The lowest BCUT2D eigenvalue weighted by atomic mass is 9.89. The molecule has 4 nitrogen and oxygen atoms in total. The van der Waals surface area contributed by atoms with Crippen LogP contribution in [-0.2, 0) is 17.6 Å². The summed E-state index contributed by atoms with van der Waals surface area (Å²) >= 11 is 0. The van der Waals surface area contributed by atoms with Crippen LogP contribution in [0.15, 0.2) is 42.5 Å². The van der Waals surface area contributed by atoms with Gasteiger partial charge in [-0.1, -0.05) is 18.2 Å². The minimum atomic E-state index is 0.116. The lowest BCUT2D eigenvalue weighted by molar-refractivity contribution is 0.101. The van der Waals surface area contributed by atoms with Crippen LogP contribution in [0.4, 0.5) is 5.69 Å². The molecule has 0 spiro atoms. The summed E-state index contributed by atoms with van der Waals surface area (Å²) in [6, 6.07) is 14.4. The van der Waals surface area contributed by atoms with E-state index < -0.39 is 0 Å². The molecule has 0 amide bonds. The Hall–Kier alpha value is -2.33. The topological polar surface area (TPSA) is 38.8 Å². The zero-order valence-electron chi connectivity index (χ0n) is 15.2. The van der Waals surface area contributed by atoms with E-state index in [1.165, 1.54) is 16.8 Å². The SMILES string of the molecule is CC(=O)c1ccc(N2CCOCC2)c(C[C@@H]2COc3ccccc3C2)c1. The third-order valence-corrected chi connectivity index (χ3v) is 5.30. The molecule has 0 saturated carbocycles. The van der Waals surface area contributed by atoms with Crippen molar-refractivity contribution in [1.82, 2.24) is 0 Å². The molecule has 26 heavy (non-hydrogen) atoms. The van der Waals surface area contributed by atoms with Gasteiger partial charge in [0.15, 0.2) is 5.78 Å². The Bertz CT molecular complexity index is 796. The summed E-state index contributed by atoms with van der Waals surface area (Å²) in [5, 5.41) is 0. The number of ketones is 1. The van der Waals surface area contributed by atoms with E-state index in [1.54, 1.807) is 6.92 Å². The minimum Gasteiger partial charge on any atom is -0.493 e. The summed E-state index contributed by atoms with van der Waals surface area (Å²) in [5.41, 5.74) is 4.54. The first kappa shape index (κ1) is 17.1. The number of carbonyl (C=O) groups excluding carboxylic acids is 1. The normalized spacial score (nSPS) is 19.6. The van der Waals surface area contributed by atoms with E-state index >= 15 is 0 Å². The molecule has 2 aliphatic heterocycles. The van der Waals surface area contributed by atoms with E-state index in [0.717, 1.165) is 57.1 Å². The number of benzene rings is 2. The predicted octanol–water partition coefficient (Wildman–Crippen LogP) is 3.52. The third-order valence-electron chi connectivity index (χ3n) is 5.30. The van der Waals surface area contributed by atoms with Gasteiger partial charge in [-0.25, -0.2) is 0 Å². The number of rotatable bonds is 4. The number of para-hydroxylation sites is 1. The van der Waals surface area contributed by atoms with Crippen molar-refractivity contribution in [1.29, 1.82) is 0 Å². The number of nitrogens with zero attached hydrogens (tertiary/aromatic N) is 1. The number of hydrogen-bond acceptors (Lipinski definition) is 4. The van der Waals surface area contributed by atoms with Crippen LogP contribution in [0.25, 0.3) is 0 Å². The minimum absolute atomic E-state index is 0.116. The molecule has 0 unspecified atom stereocenters. The van der Waals surface area contributed by atoms with E-state index in [2.05, 4.69) is 29.2 Å². The second-order valence-electron chi connectivity index (χ2n) is 7.19. The molecular weight excluding hydrogens is 326 g/mol. The Balaban J connectivity index is 1.59. The lowest BCUT2D eigenvalue weighted by Gasteiger charge is -2.32. The van der Waals surface area contributed by atoms with Gasteiger partial charge in [0.1, 0.15) is 5.75 Å². The number of anilines is 1. The standard InChI is InChI=1S/C22H25NO3/c1-16(24)18-6-7-21(23-8-10-25-11-9-23)20(14-18)13-17-12-19-4-2-3-5-22(19)26-15-17/h2-7,14,17H,8-13,15H2,1H3/t17-/m1/s1. The van der Waals surface area contributed by atoms with Gasteiger partial charge in [-0.3, -0.25) is 4.79 Å². The molecule has 2 aromatic rings. The number of carbonyl (C=O) groups is 1. The molecular formula is C22H25NO3. The van der Waals surface area contributed by atoms with Crippen molar-refractivity contribution in [2.45, 2.75) is 19.8 Å². The smallest absolute Gasteiger partial charge is 0.159 e. The molecule has 0 N–H and O–H groups in total. The second-order valence-corrected chi connectivity index (χ2v) is 7.19. The van der Waals surface area contributed by atoms with Crippen LogP contribution >= 0.6 is 0 Å². The van der Waals surface area contributed by atoms with Gasteiger partial charge in [-0.05, 0) is 55.2 Å². The molecule has 2 aliphatic rings. The largest absolute Gasteiger partial charge is 0.493 e. The third kappa shape index (κ3) is 3.61. The van der Waals surface area contributed by atoms with E-state index in [1.807, 2.05) is 18.2 Å². The van der Waals surface area contributed by atoms with Crippen molar-refractivity contribution in [2.75, 3.05) is 37.8 Å². The molecule has 1 saturated heterocycles. The first-order valence-electron chi connectivity index (χ1n) is 9.38. The van der Waals surface area contributed by atoms with Crippen LogP contribution in [0.2, 0.25) is 0 Å². The Kier molecular flexibility index (Phi) is 4.93. The molecule has 0 aromatic heterocycles. The summed E-state index contributed by atoms with van der Waals surface area (Å²) in [5.74, 6) is 1.55. The number of hydrogen-bond donors (Lipinski definition) is 0. The zero-order valence-corrected chi connectivity index (χ0v) is 15.2. The lowest BCUT2D eigenvalue weighted by Crippen LogP contribution is -2.37. The quantitative estimate of drug-likeness (QED) is 0.790. The van der Waals surface area contributed by atoms with Gasteiger partial charge >= 0.3 is 0 Å². The van der Waals surface area contributed by atoms with Gasteiger partial charge in [0.25, 0.3) is 0 Å². The average molecular weight is 351 g/mol. The number of fused-ring (bicyclic) bond motifs is 1. The Morgan fingerprint density at radius 2 is 1.96 bits per heavy atom. The van der Waals surface area contributed by atoms with Crippen molar-refractivity contribution in [3.63, 3.8) is 0 Å². The van der Waals surface area contributed by atoms with Crippen molar-refractivity contribution >= 4 is 11.5 Å². The van der Waals surface area contributed by atoms with Gasteiger partial charge in [0.05, 0.1) is 19.8 Å². The maximum atomic E-state index is 11.9. The van der Waals surface area contributed by atoms with Crippen LogP contribution in [-0.4, -0.2) is 38.7 Å². The fourth-order valence-electron chi connectivity index (χ4n) is 3.91. The molecule has 0 radical (unpaired) electrons. The highest BCUT2D eigenvalue weighted by Crippen LogP contribution is 2.32. The van der Waals surface area contributed by atoms with Crippen molar-refractivity contribution in [2.24, 2.45) is 5.92 Å². The summed E-state index contributed by atoms with van der Waals surface area (Å²) < 4.78 is 11.5. The summed E-state index contributed by atoms with van der Waals surface area (Å²) in [7, 11) is 0. The van der Waals surface area contributed by atoms with Crippen molar-refractivity contribution in [3.8, 4) is 5.75 Å². The Morgan fingerprint density at radius 1 is 1.15 bits per heavy atom. The van der Waals surface area contributed by atoms with E-state index in [-0.39, 0.29) is 5.78 Å². The van der Waals surface area contributed by atoms with Crippen LogP contribution in [0.1, 0.15) is 28.4 Å². The fraction of sp³-hybridized carbons (Fsp3) is 0.409. The van der Waals surface area contributed by atoms with Gasteiger partial charge in [0.2, 0.25) is 0 Å². The van der Waals surface area contributed by atoms with Crippen LogP contribution in [0, 0.1) is 5.92 Å². The zero-order chi connectivity index (χ0) is 17.9. The highest BCUT2D eigenvalue weighted by molar-refractivity contribution is 5.94. The first-order chi connectivity index (χ1) is 12.7. The summed E-state index contributed by atoms with van der Waals surface area (Å²) in [4.78, 5) is 14.3. The second kappa shape index (κ2) is 7.50.